The zero-order chi connectivity index (χ0) is 17.5. The quantitative estimate of drug-likeness (QED) is 0.579. The fourth-order valence-electron chi connectivity index (χ4n) is 2.63. The minimum atomic E-state index is -0.269. The number of fused-ring (bicyclic) bond motifs is 1. The van der Waals surface area contributed by atoms with Gasteiger partial charge in [-0.15, -0.1) is 0 Å². The number of hydrogen-bond acceptors (Lipinski definition) is 3. The Kier molecular flexibility index (Phi) is 5.41. The van der Waals surface area contributed by atoms with Gasteiger partial charge in [-0.1, -0.05) is 30.3 Å². The van der Waals surface area contributed by atoms with Crippen molar-refractivity contribution in [2.75, 3.05) is 20.4 Å². The van der Waals surface area contributed by atoms with Crippen molar-refractivity contribution in [3.8, 4) is 11.5 Å². The van der Waals surface area contributed by atoms with Gasteiger partial charge >= 0.3 is 6.03 Å². The van der Waals surface area contributed by atoms with Crippen molar-refractivity contribution in [3.63, 3.8) is 0 Å². The van der Waals surface area contributed by atoms with Crippen molar-refractivity contribution in [2.24, 2.45) is 0 Å². The van der Waals surface area contributed by atoms with E-state index in [1.165, 1.54) is 10.9 Å². The predicted molar refractivity (Wildman–Crippen MR) is 97.0 cm³/mol. The Morgan fingerprint density at radius 3 is 2.64 bits per heavy atom. The molecule has 3 N–H and O–H groups in total. The molecule has 0 atom stereocenters. The molecule has 2 amide bonds. The predicted octanol–water partition coefficient (Wildman–Crippen LogP) is 3.05. The standard InChI is InChI=1S/C19H21N3O3/c1-24-17-8-4-5-9-18(17)25-13-22-19(23)20-11-10-14-12-21-16-7-3-2-6-15(14)16/h2-9,12,21H,10-11,13H2,1H3,(H2,20,22,23). The third kappa shape index (κ3) is 4.23. The molecule has 6 nitrogen and oxygen atoms in total. The Balaban J connectivity index is 1.41. The molecule has 6 heteroatoms. The van der Waals surface area contributed by atoms with Gasteiger partial charge in [-0.25, -0.2) is 4.79 Å². The molecule has 25 heavy (non-hydrogen) atoms. The van der Waals surface area contributed by atoms with Crippen molar-refractivity contribution < 1.29 is 14.3 Å². The van der Waals surface area contributed by atoms with E-state index >= 15 is 0 Å². The highest BCUT2D eigenvalue weighted by Gasteiger charge is 2.05. The lowest BCUT2D eigenvalue weighted by Crippen LogP contribution is -2.38. The molecule has 1 heterocycles. The van der Waals surface area contributed by atoms with Crippen LogP contribution >= 0.6 is 0 Å². The maximum Gasteiger partial charge on any atom is 0.317 e. The number of amides is 2. The monoisotopic (exact) mass is 339 g/mol. The third-order valence-corrected chi connectivity index (χ3v) is 3.88. The number of carbonyl (C=O) groups excluding carboxylic acids is 1. The van der Waals surface area contributed by atoms with E-state index in [0.29, 0.717) is 18.0 Å². The van der Waals surface area contributed by atoms with Gasteiger partial charge in [0.05, 0.1) is 7.11 Å². The van der Waals surface area contributed by atoms with Crippen LogP contribution in [0.25, 0.3) is 10.9 Å². The summed E-state index contributed by atoms with van der Waals surface area (Å²) in [7, 11) is 1.58. The molecule has 0 aliphatic heterocycles. The maximum absolute atomic E-state index is 11.8. The molecule has 0 saturated heterocycles. The lowest BCUT2D eigenvalue weighted by Gasteiger charge is -2.11. The van der Waals surface area contributed by atoms with E-state index in [0.717, 1.165) is 11.9 Å². The van der Waals surface area contributed by atoms with Gasteiger partial charge < -0.3 is 25.1 Å². The normalized spacial score (nSPS) is 10.4. The molecule has 0 saturated carbocycles. The van der Waals surface area contributed by atoms with E-state index in [-0.39, 0.29) is 12.8 Å². The minimum absolute atomic E-state index is 0.0687. The van der Waals surface area contributed by atoms with E-state index in [4.69, 9.17) is 9.47 Å². The summed E-state index contributed by atoms with van der Waals surface area (Å²) in [5.41, 5.74) is 2.29. The first-order valence-electron chi connectivity index (χ1n) is 8.10. The van der Waals surface area contributed by atoms with Gasteiger partial charge in [0, 0.05) is 23.6 Å². The van der Waals surface area contributed by atoms with Gasteiger partial charge in [-0.05, 0) is 30.2 Å². The summed E-state index contributed by atoms with van der Waals surface area (Å²) < 4.78 is 10.7. The summed E-state index contributed by atoms with van der Waals surface area (Å²) in [4.78, 5) is 15.1. The summed E-state index contributed by atoms with van der Waals surface area (Å²) in [5, 5.41) is 6.67. The number of aromatic nitrogens is 1. The molecule has 0 unspecified atom stereocenters. The molecule has 0 aliphatic rings. The number of rotatable bonds is 7. The molecule has 3 aromatic rings. The van der Waals surface area contributed by atoms with Crippen LogP contribution in [-0.2, 0) is 6.42 Å². The average Bonchev–Trinajstić information content (AvgIpc) is 3.05. The van der Waals surface area contributed by atoms with Crippen LogP contribution in [-0.4, -0.2) is 31.4 Å². The Morgan fingerprint density at radius 1 is 1.04 bits per heavy atom. The summed E-state index contributed by atoms with van der Waals surface area (Å²) >= 11 is 0. The van der Waals surface area contributed by atoms with E-state index in [2.05, 4.69) is 21.7 Å². The number of H-pyrrole nitrogens is 1. The fourth-order valence-corrected chi connectivity index (χ4v) is 2.63. The van der Waals surface area contributed by atoms with E-state index in [9.17, 15) is 4.79 Å². The Labute approximate surface area is 146 Å². The third-order valence-electron chi connectivity index (χ3n) is 3.88. The second-order valence-electron chi connectivity index (χ2n) is 5.48. The van der Waals surface area contributed by atoms with Crippen LogP contribution in [0, 0.1) is 0 Å². The largest absolute Gasteiger partial charge is 0.493 e. The van der Waals surface area contributed by atoms with Crippen LogP contribution in [0.15, 0.2) is 54.7 Å². The summed E-state index contributed by atoms with van der Waals surface area (Å²) in [6.45, 7) is 0.613. The number of ether oxygens (including phenoxy) is 2. The van der Waals surface area contributed by atoms with Gasteiger partial charge in [0.2, 0.25) is 0 Å². The van der Waals surface area contributed by atoms with Gasteiger partial charge in [0.25, 0.3) is 0 Å². The van der Waals surface area contributed by atoms with Crippen LogP contribution in [0.1, 0.15) is 5.56 Å². The van der Waals surface area contributed by atoms with E-state index in [1.54, 1.807) is 19.2 Å². The minimum Gasteiger partial charge on any atom is -0.493 e. The second kappa shape index (κ2) is 8.10. The summed E-state index contributed by atoms with van der Waals surface area (Å²) in [5.74, 6) is 1.22. The highest BCUT2D eigenvalue weighted by molar-refractivity contribution is 5.83. The number of para-hydroxylation sites is 3. The van der Waals surface area contributed by atoms with Crippen LogP contribution in [0.2, 0.25) is 0 Å². The molecule has 0 aliphatic carbocycles. The van der Waals surface area contributed by atoms with E-state index < -0.39 is 0 Å². The topological polar surface area (TPSA) is 75.4 Å². The molecule has 130 valence electrons. The van der Waals surface area contributed by atoms with Crippen molar-refractivity contribution >= 4 is 16.9 Å². The Hall–Kier alpha value is -3.15. The van der Waals surface area contributed by atoms with Crippen molar-refractivity contribution in [2.45, 2.75) is 6.42 Å². The van der Waals surface area contributed by atoms with Gasteiger partial charge in [0.1, 0.15) is 0 Å². The first kappa shape index (κ1) is 16.7. The molecule has 0 bridgehead atoms. The number of urea groups is 1. The summed E-state index contributed by atoms with van der Waals surface area (Å²) in [6, 6.07) is 15.1. The van der Waals surface area contributed by atoms with Crippen molar-refractivity contribution in [1.82, 2.24) is 15.6 Å². The fraction of sp³-hybridized carbons (Fsp3) is 0.211. The number of carbonyl (C=O) groups is 1. The molecule has 0 fully saturated rings. The summed E-state index contributed by atoms with van der Waals surface area (Å²) in [6.07, 6.45) is 2.74. The average molecular weight is 339 g/mol. The molecule has 3 rings (SSSR count). The highest BCUT2D eigenvalue weighted by atomic mass is 16.5. The van der Waals surface area contributed by atoms with Gasteiger partial charge in [0.15, 0.2) is 18.2 Å². The molecule has 2 aromatic carbocycles. The van der Waals surface area contributed by atoms with Crippen LogP contribution in [0.4, 0.5) is 4.79 Å². The lowest BCUT2D eigenvalue weighted by atomic mass is 10.1. The van der Waals surface area contributed by atoms with Crippen molar-refractivity contribution in [1.29, 1.82) is 0 Å². The van der Waals surface area contributed by atoms with Crippen LogP contribution in [0.5, 0.6) is 11.5 Å². The first-order valence-corrected chi connectivity index (χ1v) is 8.10. The zero-order valence-electron chi connectivity index (χ0n) is 14.0. The first-order chi connectivity index (χ1) is 12.3. The number of benzene rings is 2. The van der Waals surface area contributed by atoms with Gasteiger partial charge in [-0.3, -0.25) is 0 Å². The second-order valence-corrected chi connectivity index (χ2v) is 5.48. The number of methoxy groups -OCH3 is 1. The Morgan fingerprint density at radius 2 is 1.80 bits per heavy atom. The molecular weight excluding hydrogens is 318 g/mol. The highest BCUT2D eigenvalue weighted by Crippen LogP contribution is 2.25. The smallest absolute Gasteiger partial charge is 0.317 e. The Bertz CT molecular complexity index is 845. The zero-order valence-corrected chi connectivity index (χ0v) is 14.0. The maximum atomic E-state index is 11.8. The van der Waals surface area contributed by atoms with Crippen LogP contribution < -0.4 is 20.1 Å². The molecule has 0 spiro atoms. The van der Waals surface area contributed by atoms with Gasteiger partial charge in [-0.2, -0.15) is 0 Å². The molecular formula is C19H21N3O3. The van der Waals surface area contributed by atoms with E-state index in [1.807, 2.05) is 36.5 Å². The molecule has 0 radical (unpaired) electrons. The number of nitrogens with one attached hydrogen (secondary N) is 3. The number of hydrogen-bond donors (Lipinski definition) is 3. The number of aromatic amines is 1. The molecule has 1 aromatic heterocycles. The van der Waals surface area contributed by atoms with Crippen molar-refractivity contribution in [3.05, 3.63) is 60.3 Å². The lowest BCUT2D eigenvalue weighted by molar-refractivity contribution is 0.221. The SMILES string of the molecule is COc1ccccc1OCNC(=O)NCCc1c[nH]c2ccccc12. The van der Waals surface area contributed by atoms with Crippen LogP contribution in [0.3, 0.4) is 0 Å².